The first-order chi connectivity index (χ1) is 13.1. The van der Waals surface area contributed by atoms with Gasteiger partial charge >= 0.3 is 0 Å². The van der Waals surface area contributed by atoms with Crippen LogP contribution < -0.4 is 5.32 Å². The molecule has 28 heavy (non-hydrogen) atoms. The number of hydrogen-bond acceptors (Lipinski definition) is 3. The molecule has 158 valence electrons. The molecule has 2 heterocycles. The van der Waals surface area contributed by atoms with Gasteiger partial charge in [0.2, 0.25) is 0 Å². The minimum atomic E-state index is 0. The maximum absolute atomic E-state index is 6.06. The van der Waals surface area contributed by atoms with Crippen molar-refractivity contribution in [2.75, 3.05) is 32.8 Å². The molecule has 0 saturated carbocycles. The number of ether oxygens (including phenoxy) is 2. The van der Waals surface area contributed by atoms with Gasteiger partial charge in [-0.15, -0.1) is 24.0 Å². The largest absolute Gasteiger partial charge is 0.381 e. The number of likely N-dealkylation sites (tertiary alicyclic amines) is 1. The lowest BCUT2D eigenvalue weighted by molar-refractivity contribution is -0.0390. The van der Waals surface area contributed by atoms with Crippen LogP contribution in [0.15, 0.2) is 29.3 Å². The number of halogens is 1. The molecule has 0 amide bonds. The number of nitrogens with one attached hydrogen (secondary N) is 1. The lowest BCUT2D eigenvalue weighted by atomic mass is 9.93. The molecule has 5 nitrogen and oxygen atoms in total. The van der Waals surface area contributed by atoms with Crippen LogP contribution in [0.5, 0.6) is 0 Å². The highest BCUT2D eigenvalue weighted by Gasteiger charge is 2.30. The van der Waals surface area contributed by atoms with Crippen molar-refractivity contribution >= 4 is 29.9 Å². The summed E-state index contributed by atoms with van der Waals surface area (Å²) >= 11 is 0. The van der Waals surface area contributed by atoms with E-state index in [9.17, 15) is 0 Å². The standard InChI is InChI=1S/C22H35N3O2.HI/c1-4-23-21(25-11-10-22(2,3)17-25)24-15-18-6-5-7-19(14-18)16-27-20-8-12-26-13-9-20;/h5-7,14,20H,4,8-13,15-17H2,1-3H3,(H,23,24);1H. The Labute approximate surface area is 187 Å². The zero-order valence-electron chi connectivity index (χ0n) is 17.6. The average molecular weight is 501 g/mol. The Bertz CT molecular complexity index is 630. The first-order valence-electron chi connectivity index (χ1n) is 10.4. The van der Waals surface area contributed by atoms with Crippen LogP contribution in [0.25, 0.3) is 0 Å². The molecule has 2 aliphatic rings. The van der Waals surface area contributed by atoms with Crippen molar-refractivity contribution < 1.29 is 9.47 Å². The van der Waals surface area contributed by atoms with E-state index >= 15 is 0 Å². The fourth-order valence-electron chi connectivity index (χ4n) is 3.76. The molecule has 1 aromatic carbocycles. The second kappa shape index (κ2) is 11.4. The van der Waals surface area contributed by atoms with Crippen LogP contribution in [0.1, 0.15) is 51.2 Å². The Kier molecular flexibility index (Phi) is 9.50. The highest BCUT2D eigenvalue weighted by Crippen LogP contribution is 2.28. The van der Waals surface area contributed by atoms with Gasteiger partial charge in [-0.05, 0) is 42.7 Å². The van der Waals surface area contributed by atoms with Gasteiger partial charge in [-0.25, -0.2) is 4.99 Å². The molecule has 2 saturated heterocycles. The lowest BCUT2D eigenvalue weighted by Gasteiger charge is -2.23. The molecule has 0 bridgehead atoms. The van der Waals surface area contributed by atoms with Crippen molar-refractivity contribution in [3.63, 3.8) is 0 Å². The summed E-state index contributed by atoms with van der Waals surface area (Å²) in [4.78, 5) is 7.29. The second-order valence-electron chi connectivity index (χ2n) is 8.45. The molecule has 0 spiro atoms. The highest BCUT2D eigenvalue weighted by molar-refractivity contribution is 14.0. The van der Waals surface area contributed by atoms with Gasteiger partial charge < -0.3 is 19.7 Å². The summed E-state index contributed by atoms with van der Waals surface area (Å²) in [6, 6.07) is 8.62. The number of nitrogens with zero attached hydrogens (tertiary/aromatic N) is 2. The molecule has 0 aliphatic carbocycles. The quantitative estimate of drug-likeness (QED) is 0.361. The zero-order valence-corrected chi connectivity index (χ0v) is 19.9. The van der Waals surface area contributed by atoms with Crippen molar-refractivity contribution in [1.82, 2.24) is 10.2 Å². The fraction of sp³-hybridized carbons (Fsp3) is 0.682. The van der Waals surface area contributed by atoms with E-state index < -0.39 is 0 Å². The van der Waals surface area contributed by atoms with E-state index in [0.29, 0.717) is 24.7 Å². The number of rotatable bonds is 6. The van der Waals surface area contributed by atoms with Crippen molar-refractivity contribution in [3.05, 3.63) is 35.4 Å². The molecule has 3 rings (SSSR count). The van der Waals surface area contributed by atoms with Crippen molar-refractivity contribution in [2.24, 2.45) is 10.4 Å². The van der Waals surface area contributed by atoms with Crippen LogP contribution in [-0.4, -0.2) is 49.8 Å². The van der Waals surface area contributed by atoms with E-state index in [2.05, 4.69) is 55.3 Å². The Balaban J connectivity index is 0.00000280. The van der Waals surface area contributed by atoms with Crippen LogP contribution in [0.4, 0.5) is 0 Å². The summed E-state index contributed by atoms with van der Waals surface area (Å²) in [6.07, 6.45) is 3.56. The Morgan fingerprint density at radius 3 is 2.71 bits per heavy atom. The number of hydrogen-bond donors (Lipinski definition) is 1. The maximum Gasteiger partial charge on any atom is 0.194 e. The Morgan fingerprint density at radius 2 is 2.04 bits per heavy atom. The van der Waals surface area contributed by atoms with E-state index in [1.54, 1.807) is 0 Å². The third kappa shape index (κ3) is 7.19. The van der Waals surface area contributed by atoms with E-state index in [1.807, 2.05) is 0 Å². The highest BCUT2D eigenvalue weighted by atomic mass is 127. The summed E-state index contributed by atoms with van der Waals surface area (Å²) in [5.41, 5.74) is 2.83. The topological polar surface area (TPSA) is 46.1 Å². The minimum Gasteiger partial charge on any atom is -0.381 e. The van der Waals surface area contributed by atoms with Gasteiger partial charge in [-0.3, -0.25) is 0 Å². The molecule has 2 fully saturated rings. The van der Waals surface area contributed by atoms with Crippen LogP contribution >= 0.6 is 24.0 Å². The summed E-state index contributed by atoms with van der Waals surface area (Å²) in [5, 5.41) is 3.45. The summed E-state index contributed by atoms with van der Waals surface area (Å²) in [6.45, 7) is 12.8. The normalized spacial score (nSPS) is 20.1. The zero-order chi connectivity index (χ0) is 19.1. The van der Waals surface area contributed by atoms with Gasteiger partial charge in [0.25, 0.3) is 0 Å². The minimum absolute atomic E-state index is 0. The number of aliphatic imine (C=N–C) groups is 1. The predicted octanol–water partition coefficient (Wildman–Crippen LogP) is 4.20. The van der Waals surface area contributed by atoms with Crippen LogP contribution in [0, 0.1) is 5.41 Å². The van der Waals surface area contributed by atoms with Crippen LogP contribution in [0.2, 0.25) is 0 Å². The summed E-state index contributed by atoms with van der Waals surface area (Å²) in [7, 11) is 0. The van der Waals surface area contributed by atoms with Gasteiger partial charge in [0.1, 0.15) is 0 Å². The van der Waals surface area contributed by atoms with E-state index in [-0.39, 0.29) is 24.0 Å². The Hall–Kier alpha value is -0.860. The molecule has 6 heteroatoms. The molecular weight excluding hydrogens is 465 g/mol. The first-order valence-corrected chi connectivity index (χ1v) is 10.4. The second-order valence-corrected chi connectivity index (χ2v) is 8.45. The fourth-order valence-corrected chi connectivity index (χ4v) is 3.76. The molecule has 1 aromatic rings. The van der Waals surface area contributed by atoms with Gasteiger partial charge in [0, 0.05) is 32.8 Å². The molecular formula is C22H36IN3O2. The van der Waals surface area contributed by atoms with Crippen LogP contribution in [0.3, 0.4) is 0 Å². The molecule has 0 atom stereocenters. The van der Waals surface area contributed by atoms with Gasteiger partial charge in [0.15, 0.2) is 5.96 Å². The summed E-state index contributed by atoms with van der Waals surface area (Å²) < 4.78 is 11.5. The molecule has 0 aromatic heterocycles. The first kappa shape index (κ1) is 23.4. The number of benzene rings is 1. The van der Waals surface area contributed by atoms with Crippen LogP contribution in [-0.2, 0) is 22.6 Å². The monoisotopic (exact) mass is 501 g/mol. The SMILES string of the molecule is CCNC(=NCc1cccc(COC2CCOCC2)c1)N1CCC(C)(C)C1.I. The van der Waals surface area contributed by atoms with Crippen molar-refractivity contribution in [3.8, 4) is 0 Å². The number of guanidine groups is 1. The third-order valence-electron chi connectivity index (χ3n) is 5.37. The predicted molar refractivity (Wildman–Crippen MR) is 125 cm³/mol. The smallest absolute Gasteiger partial charge is 0.194 e. The van der Waals surface area contributed by atoms with Crippen molar-refractivity contribution in [1.29, 1.82) is 0 Å². The van der Waals surface area contributed by atoms with Gasteiger partial charge in [0.05, 0.1) is 19.3 Å². The molecule has 2 aliphatic heterocycles. The van der Waals surface area contributed by atoms with E-state index in [4.69, 9.17) is 14.5 Å². The lowest BCUT2D eigenvalue weighted by Crippen LogP contribution is -2.40. The van der Waals surface area contributed by atoms with Gasteiger partial charge in [-0.1, -0.05) is 38.1 Å². The maximum atomic E-state index is 6.06. The van der Waals surface area contributed by atoms with E-state index in [0.717, 1.165) is 51.6 Å². The molecule has 0 radical (unpaired) electrons. The van der Waals surface area contributed by atoms with Crippen molar-refractivity contribution in [2.45, 2.75) is 59.3 Å². The van der Waals surface area contributed by atoms with Gasteiger partial charge in [-0.2, -0.15) is 0 Å². The van der Waals surface area contributed by atoms with E-state index in [1.165, 1.54) is 17.5 Å². The third-order valence-corrected chi connectivity index (χ3v) is 5.37. The molecule has 1 N–H and O–H groups in total. The Morgan fingerprint density at radius 1 is 1.29 bits per heavy atom. The average Bonchev–Trinajstić information content (AvgIpc) is 3.04. The summed E-state index contributed by atoms with van der Waals surface area (Å²) in [5.74, 6) is 1.03. The molecule has 0 unspecified atom stereocenters.